The first-order valence-electron chi connectivity index (χ1n) is 3.86. The molecule has 0 atom stereocenters. The van der Waals surface area contributed by atoms with E-state index in [-0.39, 0.29) is 5.17 Å². The number of rotatable bonds is 3. The Bertz CT molecular complexity index is 507. The molecule has 16 heavy (non-hydrogen) atoms. The zero-order chi connectivity index (χ0) is 12.3. The van der Waals surface area contributed by atoms with E-state index in [0.29, 0.717) is 15.6 Å². The molecule has 8 heteroatoms. The van der Waals surface area contributed by atoms with Crippen molar-refractivity contribution in [3.8, 4) is 0 Å². The molecule has 4 nitrogen and oxygen atoms in total. The summed E-state index contributed by atoms with van der Waals surface area (Å²) in [5.41, 5.74) is 0.364. The van der Waals surface area contributed by atoms with Crippen molar-refractivity contribution in [2.24, 2.45) is 5.16 Å². The molecule has 0 radical (unpaired) electrons. The summed E-state index contributed by atoms with van der Waals surface area (Å²) in [4.78, 5) is 0. The predicted molar refractivity (Wildman–Crippen MR) is 64.8 cm³/mol. The molecule has 0 N–H and O–H groups in total. The molecule has 0 aliphatic rings. The first-order valence-corrected chi connectivity index (χ1v) is 6.81. The van der Waals surface area contributed by atoms with Crippen molar-refractivity contribution in [1.82, 2.24) is 0 Å². The van der Waals surface area contributed by atoms with Crippen LogP contribution in [0.1, 0.15) is 5.56 Å². The second-order valence-corrected chi connectivity index (χ2v) is 5.61. The van der Waals surface area contributed by atoms with Gasteiger partial charge in [0, 0.05) is 15.6 Å². The van der Waals surface area contributed by atoms with Gasteiger partial charge in [0.2, 0.25) is 0 Å². The van der Waals surface area contributed by atoms with Gasteiger partial charge < -0.3 is 0 Å². The molecule has 88 valence electrons. The van der Waals surface area contributed by atoms with E-state index in [0.717, 1.165) is 6.26 Å². The quantitative estimate of drug-likeness (QED) is 0.637. The van der Waals surface area contributed by atoms with Gasteiger partial charge in [-0.2, -0.15) is 8.42 Å². The van der Waals surface area contributed by atoms with Crippen molar-refractivity contribution in [2.45, 2.75) is 0 Å². The molecule has 0 saturated heterocycles. The summed E-state index contributed by atoms with van der Waals surface area (Å²) in [6.45, 7) is 0. The lowest BCUT2D eigenvalue weighted by atomic mass is 10.2. The lowest BCUT2D eigenvalue weighted by Gasteiger charge is -2.00. The minimum atomic E-state index is -3.69. The third kappa shape index (κ3) is 4.57. The second-order valence-electron chi connectivity index (χ2n) is 2.82. The fourth-order valence-electron chi connectivity index (χ4n) is 0.826. The standard InChI is InChI=1S/C8H6Cl3NO3S/c1-16(13,14)15-12-8(11)5-2-6(9)4-7(10)3-5/h2-4H,1H3/b12-8-. The number of nitrogens with zero attached hydrogens (tertiary/aromatic N) is 1. The van der Waals surface area contributed by atoms with Crippen molar-refractivity contribution < 1.29 is 12.7 Å². The van der Waals surface area contributed by atoms with Crippen LogP contribution in [-0.4, -0.2) is 19.8 Å². The van der Waals surface area contributed by atoms with Gasteiger partial charge in [-0.15, -0.1) is 0 Å². The Morgan fingerprint density at radius 1 is 1.25 bits per heavy atom. The monoisotopic (exact) mass is 301 g/mol. The highest BCUT2D eigenvalue weighted by atomic mass is 35.5. The summed E-state index contributed by atoms with van der Waals surface area (Å²) in [6, 6.07) is 4.46. The number of benzene rings is 1. The first kappa shape index (κ1) is 13.6. The van der Waals surface area contributed by atoms with Gasteiger partial charge in [0.05, 0.1) is 6.26 Å². The molecular formula is C8H6Cl3NO3S. The zero-order valence-corrected chi connectivity index (χ0v) is 11.0. The first-order chi connectivity index (χ1) is 7.28. The molecular weight excluding hydrogens is 297 g/mol. The Morgan fingerprint density at radius 2 is 1.75 bits per heavy atom. The summed E-state index contributed by atoms with van der Waals surface area (Å²) in [6.07, 6.45) is 0.853. The van der Waals surface area contributed by atoms with Crippen LogP contribution in [0.4, 0.5) is 0 Å². The van der Waals surface area contributed by atoms with E-state index >= 15 is 0 Å². The maximum absolute atomic E-state index is 10.7. The van der Waals surface area contributed by atoms with Crippen molar-refractivity contribution in [1.29, 1.82) is 0 Å². The van der Waals surface area contributed by atoms with Crippen LogP contribution < -0.4 is 0 Å². The van der Waals surface area contributed by atoms with E-state index in [1.165, 1.54) is 18.2 Å². The molecule has 1 rings (SSSR count). The number of hydrogen-bond donors (Lipinski definition) is 0. The van der Waals surface area contributed by atoms with Crippen LogP contribution in [-0.2, 0) is 14.4 Å². The van der Waals surface area contributed by atoms with E-state index in [1.807, 2.05) is 0 Å². The summed E-state index contributed by atoms with van der Waals surface area (Å²) < 4.78 is 25.5. The number of halogens is 3. The normalized spacial score (nSPS) is 12.6. The predicted octanol–water partition coefficient (Wildman–Crippen LogP) is 2.87. The molecule has 0 unspecified atom stereocenters. The molecule has 0 saturated carbocycles. The molecule has 0 aromatic heterocycles. The summed E-state index contributed by atoms with van der Waals surface area (Å²) in [5.74, 6) is 0. The van der Waals surface area contributed by atoms with Gasteiger partial charge >= 0.3 is 10.1 Å². The maximum atomic E-state index is 10.7. The maximum Gasteiger partial charge on any atom is 0.325 e. The van der Waals surface area contributed by atoms with Crippen molar-refractivity contribution >= 4 is 50.1 Å². The number of oxime groups is 1. The Kier molecular flexibility index (Phi) is 4.43. The van der Waals surface area contributed by atoms with Gasteiger partial charge in [-0.1, -0.05) is 40.0 Å². The smallest absolute Gasteiger partial charge is 0.267 e. The van der Waals surface area contributed by atoms with E-state index in [1.54, 1.807) is 0 Å². The van der Waals surface area contributed by atoms with Gasteiger partial charge in [0.1, 0.15) is 0 Å². The van der Waals surface area contributed by atoms with Crippen LogP contribution in [0, 0.1) is 0 Å². The third-order valence-electron chi connectivity index (χ3n) is 1.35. The van der Waals surface area contributed by atoms with Crippen LogP contribution >= 0.6 is 34.8 Å². The summed E-state index contributed by atoms with van der Waals surface area (Å²) >= 11 is 17.2. The van der Waals surface area contributed by atoms with E-state index in [9.17, 15) is 8.42 Å². The molecule has 0 amide bonds. The van der Waals surface area contributed by atoms with E-state index in [2.05, 4.69) is 9.44 Å². The molecule has 0 spiro atoms. The largest absolute Gasteiger partial charge is 0.325 e. The molecule has 0 aliphatic carbocycles. The van der Waals surface area contributed by atoms with E-state index < -0.39 is 10.1 Å². The van der Waals surface area contributed by atoms with Crippen LogP contribution in [0.25, 0.3) is 0 Å². The topological polar surface area (TPSA) is 55.7 Å². The third-order valence-corrected chi connectivity index (χ3v) is 2.42. The fourth-order valence-corrected chi connectivity index (χ4v) is 1.75. The fraction of sp³-hybridized carbons (Fsp3) is 0.125. The lowest BCUT2D eigenvalue weighted by molar-refractivity contribution is 0.344. The highest BCUT2D eigenvalue weighted by molar-refractivity contribution is 7.85. The molecule has 0 fully saturated rings. The Hall–Kier alpha value is -0.490. The van der Waals surface area contributed by atoms with Gasteiger partial charge in [-0.25, -0.2) is 0 Å². The average molecular weight is 303 g/mol. The SMILES string of the molecule is CS(=O)(=O)O/N=C(\Cl)c1cc(Cl)cc(Cl)c1. The second kappa shape index (κ2) is 5.23. The molecule has 1 aromatic rings. The Balaban J connectivity index is 3.00. The summed E-state index contributed by atoms with van der Waals surface area (Å²) in [5, 5.41) is 3.78. The Morgan fingerprint density at radius 3 is 2.19 bits per heavy atom. The average Bonchev–Trinajstić information content (AvgIpc) is 2.11. The lowest BCUT2D eigenvalue weighted by Crippen LogP contribution is -2.00. The van der Waals surface area contributed by atoms with Gasteiger partial charge in [0.25, 0.3) is 0 Å². The Labute approximate surface area is 108 Å². The van der Waals surface area contributed by atoms with E-state index in [4.69, 9.17) is 34.8 Å². The highest BCUT2D eigenvalue weighted by Crippen LogP contribution is 2.20. The molecule has 0 heterocycles. The van der Waals surface area contributed by atoms with Gasteiger partial charge in [0.15, 0.2) is 5.17 Å². The number of hydrogen-bond acceptors (Lipinski definition) is 4. The van der Waals surface area contributed by atoms with Crippen LogP contribution in [0.15, 0.2) is 23.4 Å². The molecule has 1 aromatic carbocycles. The van der Waals surface area contributed by atoms with Crippen molar-refractivity contribution in [2.75, 3.05) is 6.26 Å². The minimum Gasteiger partial charge on any atom is -0.267 e. The van der Waals surface area contributed by atoms with Crippen molar-refractivity contribution in [3.05, 3.63) is 33.8 Å². The minimum absolute atomic E-state index is 0.158. The van der Waals surface area contributed by atoms with Crippen LogP contribution in [0.2, 0.25) is 10.0 Å². The van der Waals surface area contributed by atoms with Crippen LogP contribution in [0.5, 0.6) is 0 Å². The molecule has 0 aliphatic heterocycles. The van der Waals surface area contributed by atoms with Gasteiger partial charge in [-0.3, -0.25) is 4.28 Å². The van der Waals surface area contributed by atoms with Crippen LogP contribution in [0.3, 0.4) is 0 Å². The van der Waals surface area contributed by atoms with Crippen molar-refractivity contribution in [3.63, 3.8) is 0 Å². The highest BCUT2D eigenvalue weighted by Gasteiger charge is 2.06. The summed E-state index contributed by atoms with van der Waals surface area (Å²) in [7, 11) is -3.69. The zero-order valence-electron chi connectivity index (χ0n) is 7.95. The van der Waals surface area contributed by atoms with Gasteiger partial charge in [-0.05, 0) is 18.2 Å². The molecule has 0 bridgehead atoms.